The predicted octanol–water partition coefficient (Wildman–Crippen LogP) is 5.99. The molecule has 0 saturated carbocycles. The van der Waals surface area contributed by atoms with Gasteiger partial charge in [0.2, 0.25) is 19.1 Å². The van der Waals surface area contributed by atoms with E-state index in [0.29, 0.717) is 32.5 Å². The summed E-state index contributed by atoms with van der Waals surface area (Å²) in [6.45, 7) is 3.41. The third kappa shape index (κ3) is 21.1. The molecule has 2 aliphatic rings. The number of nitrogens with zero attached hydrogens (tertiary/aromatic N) is 1. The molecule has 1 N–H and O–H groups in total. The molecule has 20 heteroatoms. The lowest BCUT2D eigenvalue weighted by atomic mass is 10.1. The Bertz CT molecular complexity index is 1410. The van der Waals surface area contributed by atoms with Gasteiger partial charge < -0.3 is 24.3 Å². The van der Waals surface area contributed by atoms with Crippen LogP contribution in [-0.4, -0.2) is 84.8 Å². The summed E-state index contributed by atoms with van der Waals surface area (Å²) in [5, 5.41) is 3.24. The summed E-state index contributed by atoms with van der Waals surface area (Å²) in [5.41, 5.74) is 1.57. The summed E-state index contributed by atoms with van der Waals surface area (Å²) in [5.74, 6) is -0.485. The standard InChI is InChI=1S/C14H18F3NO4S.C13H16F3NO2.CH3ClO2S.ClH/c1-23(19,20)18-8-6-12(7-9-18)21-10-11-2-4-13(5-3-11)22-14(15,16)17;14-13(15,16)19-12-3-1-10(2-4-12)9-18-11-5-7-17-8-6-11;1-5(2,3)4;/h2-5,12H,6-10H2,1H3;1-4,11,17H,5-9H2;1H3;1H. The molecule has 2 saturated heterocycles. The van der Waals surface area contributed by atoms with Crippen molar-refractivity contribution in [3.63, 3.8) is 0 Å². The number of hydrogen-bond acceptors (Lipinski definition) is 9. The monoisotopic (exact) mass is 778 g/mol. The van der Waals surface area contributed by atoms with Crippen LogP contribution in [0.15, 0.2) is 48.5 Å². The average molecular weight is 780 g/mol. The largest absolute Gasteiger partial charge is 0.573 e. The lowest BCUT2D eigenvalue weighted by Gasteiger charge is -2.30. The number of piperidine rings is 2. The van der Waals surface area contributed by atoms with Crippen molar-refractivity contribution in [2.75, 3.05) is 38.7 Å². The first-order chi connectivity index (χ1) is 21.7. The predicted molar refractivity (Wildman–Crippen MR) is 169 cm³/mol. The number of hydrogen-bond donors (Lipinski definition) is 1. The van der Waals surface area contributed by atoms with Crippen molar-refractivity contribution in [2.45, 2.75) is 63.8 Å². The number of benzene rings is 2. The third-order valence-electron chi connectivity index (χ3n) is 6.44. The van der Waals surface area contributed by atoms with Gasteiger partial charge in [0.25, 0.3) is 0 Å². The summed E-state index contributed by atoms with van der Waals surface area (Å²) >= 11 is 0. The van der Waals surface area contributed by atoms with Crippen LogP contribution < -0.4 is 14.8 Å². The maximum absolute atomic E-state index is 12.1. The molecule has 0 radical (unpaired) electrons. The summed E-state index contributed by atoms with van der Waals surface area (Å²) in [6.07, 6.45) is -3.94. The van der Waals surface area contributed by atoms with E-state index >= 15 is 0 Å². The summed E-state index contributed by atoms with van der Waals surface area (Å²) in [7, 11) is -1.86. The van der Waals surface area contributed by atoms with E-state index in [2.05, 4.69) is 25.5 Å². The number of sulfonamides is 1. The van der Waals surface area contributed by atoms with Gasteiger partial charge in [-0.25, -0.2) is 21.1 Å². The fraction of sp³-hybridized carbons (Fsp3) is 0.571. The molecule has 48 heavy (non-hydrogen) atoms. The zero-order chi connectivity index (χ0) is 35.3. The third-order valence-corrected chi connectivity index (χ3v) is 7.74. The topological polar surface area (TPSA) is 120 Å². The fourth-order valence-corrected chi connectivity index (χ4v) is 5.17. The Morgan fingerprint density at radius 1 is 0.708 bits per heavy atom. The molecule has 0 aliphatic carbocycles. The van der Waals surface area contributed by atoms with Gasteiger partial charge in [0.15, 0.2) is 0 Å². The average Bonchev–Trinajstić information content (AvgIpc) is 2.95. The van der Waals surface area contributed by atoms with E-state index in [1.807, 2.05) is 0 Å². The molecule has 0 amide bonds. The van der Waals surface area contributed by atoms with Gasteiger partial charge in [0.05, 0.1) is 37.9 Å². The van der Waals surface area contributed by atoms with Crippen LogP contribution in [0.4, 0.5) is 26.3 Å². The van der Waals surface area contributed by atoms with E-state index in [-0.39, 0.29) is 42.7 Å². The molecule has 276 valence electrons. The Balaban J connectivity index is 0.000000418. The fourth-order valence-electron chi connectivity index (χ4n) is 4.30. The maximum atomic E-state index is 12.1. The van der Waals surface area contributed by atoms with Crippen LogP contribution in [-0.2, 0) is 41.8 Å². The van der Waals surface area contributed by atoms with E-state index in [1.54, 1.807) is 12.1 Å². The van der Waals surface area contributed by atoms with Crippen molar-refractivity contribution in [3.05, 3.63) is 59.7 Å². The highest BCUT2D eigenvalue weighted by molar-refractivity contribution is 8.13. The van der Waals surface area contributed by atoms with Crippen molar-refractivity contribution in [3.8, 4) is 11.5 Å². The second-order valence-corrected chi connectivity index (χ2v) is 15.5. The Morgan fingerprint density at radius 2 is 1.04 bits per heavy atom. The van der Waals surface area contributed by atoms with Gasteiger partial charge in [-0.1, -0.05) is 24.3 Å². The smallest absolute Gasteiger partial charge is 0.406 e. The molecule has 0 unspecified atom stereocenters. The van der Waals surface area contributed by atoms with Gasteiger partial charge in [-0.15, -0.1) is 38.7 Å². The summed E-state index contributed by atoms with van der Waals surface area (Å²) in [6, 6.07) is 11.3. The molecule has 0 bridgehead atoms. The van der Waals surface area contributed by atoms with Gasteiger partial charge in [0, 0.05) is 23.8 Å². The highest BCUT2D eigenvalue weighted by Crippen LogP contribution is 2.25. The first-order valence-electron chi connectivity index (χ1n) is 14.1. The lowest BCUT2D eigenvalue weighted by molar-refractivity contribution is -0.275. The quantitative estimate of drug-likeness (QED) is 0.242. The highest BCUT2D eigenvalue weighted by Gasteiger charge is 2.32. The Kier molecular flexibility index (Phi) is 18.3. The number of alkyl halides is 6. The first-order valence-corrected chi connectivity index (χ1v) is 18.7. The molecule has 2 fully saturated rings. The normalized spacial score (nSPS) is 16.8. The number of nitrogens with one attached hydrogen (secondary N) is 1. The molecule has 10 nitrogen and oxygen atoms in total. The van der Waals surface area contributed by atoms with Crippen LogP contribution in [0.1, 0.15) is 36.8 Å². The SMILES string of the molecule is CS(=O)(=O)Cl.CS(=O)(=O)N1CCC(OCc2ccc(OC(F)(F)F)cc2)CC1.Cl.FC(F)(F)Oc1ccc(COC2CCNCC2)cc1. The van der Waals surface area contributed by atoms with Crippen molar-refractivity contribution < 1.29 is 62.1 Å². The van der Waals surface area contributed by atoms with Crippen LogP contribution in [0.3, 0.4) is 0 Å². The number of ether oxygens (including phenoxy) is 4. The minimum Gasteiger partial charge on any atom is -0.406 e. The zero-order valence-electron chi connectivity index (χ0n) is 25.9. The van der Waals surface area contributed by atoms with Crippen LogP contribution in [0.2, 0.25) is 0 Å². The summed E-state index contributed by atoms with van der Waals surface area (Å²) in [4.78, 5) is 0. The summed E-state index contributed by atoms with van der Waals surface area (Å²) < 4.78 is 134. The lowest BCUT2D eigenvalue weighted by Crippen LogP contribution is -2.40. The van der Waals surface area contributed by atoms with Crippen molar-refractivity contribution in [2.24, 2.45) is 0 Å². The van der Waals surface area contributed by atoms with Crippen molar-refractivity contribution in [1.82, 2.24) is 9.62 Å². The van der Waals surface area contributed by atoms with E-state index in [1.165, 1.54) is 47.0 Å². The molecule has 2 aromatic rings. The van der Waals surface area contributed by atoms with E-state index in [4.69, 9.17) is 9.47 Å². The molecule has 2 aliphatic heterocycles. The van der Waals surface area contributed by atoms with Crippen LogP contribution >= 0.6 is 23.1 Å². The molecule has 0 atom stereocenters. The maximum Gasteiger partial charge on any atom is 0.573 e. The molecule has 0 spiro atoms. The molecular weight excluding hydrogens is 741 g/mol. The Labute approximate surface area is 286 Å². The van der Waals surface area contributed by atoms with Crippen molar-refractivity contribution >= 4 is 42.2 Å². The molecule has 2 aromatic carbocycles. The zero-order valence-corrected chi connectivity index (χ0v) is 29.1. The van der Waals surface area contributed by atoms with Gasteiger partial charge in [0.1, 0.15) is 11.5 Å². The first kappa shape index (κ1) is 44.0. The second kappa shape index (κ2) is 20.0. The van der Waals surface area contributed by atoms with Crippen LogP contribution in [0.25, 0.3) is 0 Å². The van der Waals surface area contributed by atoms with Gasteiger partial charge in [-0.2, -0.15) is 0 Å². The Hall–Kier alpha value is -2.06. The highest BCUT2D eigenvalue weighted by atomic mass is 35.7. The van der Waals surface area contributed by atoms with E-state index < -0.39 is 31.8 Å². The van der Waals surface area contributed by atoms with Crippen LogP contribution in [0, 0.1) is 0 Å². The second-order valence-electron chi connectivity index (χ2n) is 10.5. The number of rotatable bonds is 9. The number of halogens is 8. The minimum atomic E-state index is -4.70. The minimum absolute atomic E-state index is 0. The van der Waals surface area contributed by atoms with E-state index in [0.717, 1.165) is 43.3 Å². The van der Waals surface area contributed by atoms with Gasteiger partial charge >= 0.3 is 12.7 Å². The molecule has 0 aromatic heterocycles. The van der Waals surface area contributed by atoms with Crippen LogP contribution in [0.5, 0.6) is 11.5 Å². The molecule has 2 heterocycles. The molecular formula is C28H38Cl2F6N2O8S2. The van der Waals surface area contributed by atoms with Gasteiger partial charge in [-0.05, 0) is 74.2 Å². The Morgan fingerprint density at radius 3 is 1.35 bits per heavy atom. The molecule has 4 rings (SSSR count). The van der Waals surface area contributed by atoms with Gasteiger partial charge in [-0.3, -0.25) is 0 Å². The van der Waals surface area contributed by atoms with E-state index in [9.17, 15) is 43.2 Å². The van der Waals surface area contributed by atoms with Crippen molar-refractivity contribution in [1.29, 1.82) is 0 Å².